The zero-order chi connectivity index (χ0) is 14.8. The molecule has 1 fully saturated rings. The third-order valence-corrected chi connectivity index (χ3v) is 3.70. The lowest BCUT2D eigenvalue weighted by atomic mass is 9.98. The van der Waals surface area contributed by atoms with Crippen LogP contribution in [-0.4, -0.2) is 22.6 Å². The van der Waals surface area contributed by atoms with Crippen LogP contribution in [0.3, 0.4) is 0 Å². The Hall–Kier alpha value is -1.82. The first kappa shape index (κ1) is 14.6. The van der Waals surface area contributed by atoms with E-state index in [2.05, 4.69) is 10.6 Å². The highest BCUT2D eigenvalue weighted by Crippen LogP contribution is 2.30. The Labute approximate surface area is 120 Å². The Kier molecular flexibility index (Phi) is 4.13. The molecule has 1 aliphatic carbocycles. The molecular formula is C13H14ClFN2O3. The van der Waals surface area contributed by atoms with Crippen LogP contribution in [-0.2, 0) is 4.79 Å². The number of carboxylic acids is 1. The van der Waals surface area contributed by atoms with Crippen LogP contribution in [0.2, 0.25) is 5.02 Å². The van der Waals surface area contributed by atoms with Crippen LogP contribution in [0.15, 0.2) is 18.2 Å². The second-order valence-electron chi connectivity index (χ2n) is 4.80. The second kappa shape index (κ2) is 5.66. The highest BCUT2D eigenvalue weighted by atomic mass is 35.5. The summed E-state index contributed by atoms with van der Waals surface area (Å²) >= 11 is 5.54. The number of carbonyl (C=O) groups is 2. The number of halogens is 2. The number of amides is 2. The van der Waals surface area contributed by atoms with Crippen molar-refractivity contribution in [2.45, 2.75) is 31.2 Å². The van der Waals surface area contributed by atoms with E-state index in [0.717, 1.165) is 18.9 Å². The molecule has 108 valence electrons. The van der Waals surface area contributed by atoms with E-state index < -0.39 is 23.4 Å². The van der Waals surface area contributed by atoms with Crippen molar-refractivity contribution in [3.8, 4) is 0 Å². The molecule has 1 aromatic carbocycles. The van der Waals surface area contributed by atoms with E-state index in [0.29, 0.717) is 12.8 Å². The molecule has 0 aromatic heterocycles. The first-order chi connectivity index (χ1) is 9.43. The number of rotatable bonds is 3. The quantitative estimate of drug-likeness (QED) is 0.803. The normalized spacial score (nSPS) is 16.7. The monoisotopic (exact) mass is 300 g/mol. The molecular weight excluding hydrogens is 287 g/mol. The van der Waals surface area contributed by atoms with Gasteiger partial charge in [0.2, 0.25) is 0 Å². The molecule has 7 heteroatoms. The number of hydrogen-bond donors (Lipinski definition) is 3. The Balaban J connectivity index is 2.04. The second-order valence-corrected chi connectivity index (χ2v) is 5.21. The van der Waals surface area contributed by atoms with Gasteiger partial charge >= 0.3 is 12.0 Å². The summed E-state index contributed by atoms with van der Waals surface area (Å²) in [5.74, 6) is -1.70. The molecule has 0 radical (unpaired) electrons. The van der Waals surface area contributed by atoms with Crippen molar-refractivity contribution >= 4 is 29.3 Å². The lowest BCUT2D eigenvalue weighted by molar-refractivity contribution is -0.144. The maximum Gasteiger partial charge on any atom is 0.329 e. The van der Waals surface area contributed by atoms with Crippen LogP contribution >= 0.6 is 11.6 Å². The number of benzene rings is 1. The fourth-order valence-electron chi connectivity index (χ4n) is 2.32. The van der Waals surface area contributed by atoms with Gasteiger partial charge in [-0.3, -0.25) is 0 Å². The fourth-order valence-corrected chi connectivity index (χ4v) is 2.44. The average Bonchev–Trinajstić information content (AvgIpc) is 2.83. The zero-order valence-electron chi connectivity index (χ0n) is 10.6. The summed E-state index contributed by atoms with van der Waals surface area (Å²) in [5.41, 5.74) is -1.02. The van der Waals surface area contributed by atoms with Gasteiger partial charge < -0.3 is 15.7 Å². The summed E-state index contributed by atoms with van der Waals surface area (Å²) in [6.45, 7) is 0. The predicted octanol–water partition coefficient (Wildman–Crippen LogP) is 3.00. The van der Waals surface area contributed by atoms with Gasteiger partial charge in [0.05, 0.1) is 5.02 Å². The van der Waals surface area contributed by atoms with Gasteiger partial charge in [-0.1, -0.05) is 24.4 Å². The van der Waals surface area contributed by atoms with Gasteiger partial charge in [-0.25, -0.2) is 14.0 Å². The van der Waals surface area contributed by atoms with Crippen LogP contribution in [0.4, 0.5) is 14.9 Å². The molecule has 3 N–H and O–H groups in total. The molecule has 0 spiro atoms. The Bertz CT molecular complexity index is 544. The zero-order valence-corrected chi connectivity index (χ0v) is 11.3. The third kappa shape index (κ3) is 3.01. The van der Waals surface area contributed by atoms with E-state index in [1.807, 2.05) is 0 Å². The summed E-state index contributed by atoms with van der Waals surface area (Å²) < 4.78 is 13.2. The standard InChI is InChI=1S/C13H14ClFN2O3/c14-9-4-3-8(7-10(9)15)16-12(20)17-13(11(18)19)5-1-2-6-13/h3-4,7H,1-2,5-6H2,(H,18,19)(H2,16,17,20). The summed E-state index contributed by atoms with van der Waals surface area (Å²) in [4.78, 5) is 23.1. The van der Waals surface area contributed by atoms with Gasteiger partial charge in [0, 0.05) is 5.69 Å². The van der Waals surface area contributed by atoms with Crippen LogP contribution in [0.5, 0.6) is 0 Å². The van der Waals surface area contributed by atoms with Crippen LogP contribution in [0.25, 0.3) is 0 Å². The van der Waals surface area contributed by atoms with Crippen molar-refractivity contribution < 1.29 is 19.1 Å². The van der Waals surface area contributed by atoms with Gasteiger partial charge in [-0.15, -0.1) is 0 Å². The number of anilines is 1. The summed E-state index contributed by atoms with van der Waals surface area (Å²) in [6.07, 6.45) is 2.29. The van der Waals surface area contributed by atoms with Gasteiger partial charge in [0.1, 0.15) is 11.4 Å². The predicted molar refractivity (Wildman–Crippen MR) is 72.4 cm³/mol. The van der Waals surface area contributed by atoms with Crippen molar-refractivity contribution in [2.75, 3.05) is 5.32 Å². The Morgan fingerprint density at radius 2 is 1.95 bits per heavy atom. The maximum absolute atomic E-state index is 13.2. The number of nitrogens with one attached hydrogen (secondary N) is 2. The van der Waals surface area contributed by atoms with E-state index in [4.69, 9.17) is 11.6 Å². The smallest absolute Gasteiger partial charge is 0.329 e. The minimum absolute atomic E-state index is 0.0474. The van der Waals surface area contributed by atoms with Crippen molar-refractivity contribution in [1.82, 2.24) is 5.32 Å². The first-order valence-corrected chi connectivity index (χ1v) is 6.58. The van der Waals surface area contributed by atoms with E-state index in [-0.39, 0.29) is 10.7 Å². The van der Waals surface area contributed by atoms with Crippen molar-refractivity contribution in [1.29, 1.82) is 0 Å². The lowest BCUT2D eigenvalue weighted by Crippen LogP contribution is -2.53. The van der Waals surface area contributed by atoms with Gasteiger partial charge in [0.25, 0.3) is 0 Å². The largest absolute Gasteiger partial charge is 0.480 e. The van der Waals surface area contributed by atoms with Crippen molar-refractivity contribution in [3.63, 3.8) is 0 Å². The third-order valence-electron chi connectivity index (χ3n) is 3.40. The van der Waals surface area contributed by atoms with Gasteiger partial charge in [-0.05, 0) is 31.0 Å². The molecule has 0 heterocycles. The molecule has 1 aromatic rings. The van der Waals surface area contributed by atoms with Gasteiger partial charge in [-0.2, -0.15) is 0 Å². The molecule has 0 saturated heterocycles. The van der Waals surface area contributed by atoms with Crippen molar-refractivity contribution in [3.05, 3.63) is 29.0 Å². The topological polar surface area (TPSA) is 78.4 Å². The van der Waals surface area contributed by atoms with Crippen molar-refractivity contribution in [2.24, 2.45) is 0 Å². The minimum atomic E-state index is -1.23. The number of carbonyl (C=O) groups excluding carboxylic acids is 1. The first-order valence-electron chi connectivity index (χ1n) is 6.20. The van der Waals surface area contributed by atoms with Crippen LogP contribution < -0.4 is 10.6 Å². The summed E-state index contributed by atoms with van der Waals surface area (Å²) in [7, 11) is 0. The molecule has 2 amide bonds. The molecule has 1 aliphatic rings. The minimum Gasteiger partial charge on any atom is -0.480 e. The molecule has 1 saturated carbocycles. The molecule has 0 aliphatic heterocycles. The Morgan fingerprint density at radius 1 is 1.30 bits per heavy atom. The summed E-state index contributed by atoms with van der Waals surface area (Å²) in [6, 6.07) is 3.16. The van der Waals surface area contributed by atoms with Crippen LogP contribution in [0.1, 0.15) is 25.7 Å². The number of hydrogen-bond acceptors (Lipinski definition) is 2. The molecule has 2 rings (SSSR count). The molecule has 0 atom stereocenters. The number of urea groups is 1. The number of carboxylic acid groups (broad SMARTS) is 1. The van der Waals surface area contributed by atoms with Gasteiger partial charge in [0.15, 0.2) is 0 Å². The van der Waals surface area contributed by atoms with E-state index in [1.165, 1.54) is 12.1 Å². The molecule has 5 nitrogen and oxygen atoms in total. The number of aliphatic carboxylic acids is 1. The SMILES string of the molecule is O=C(Nc1ccc(Cl)c(F)c1)NC1(C(=O)O)CCCC1. The average molecular weight is 301 g/mol. The lowest BCUT2D eigenvalue weighted by Gasteiger charge is -2.25. The maximum atomic E-state index is 13.2. The highest BCUT2D eigenvalue weighted by Gasteiger charge is 2.42. The molecule has 0 unspecified atom stereocenters. The molecule has 0 bridgehead atoms. The molecule has 20 heavy (non-hydrogen) atoms. The fraction of sp³-hybridized carbons (Fsp3) is 0.385. The van der Waals surface area contributed by atoms with E-state index >= 15 is 0 Å². The van der Waals surface area contributed by atoms with Crippen LogP contribution in [0, 0.1) is 5.82 Å². The summed E-state index contributed by atoms with van der Waals surface area (Å²) in [5, 5.41) is 14.1. The Morgan fingerprint density at radius 3 is 2.50 bits per heavy atom. The van der Waals surface area contributed by atoms with E-state index in [9.17, 15) is 19.1 Å². The highest BCUT2D eigenvalue weighted by molar-refractivity contribution is 6.30. The van der Waals surface area contributed by atoms with E-state index in [1.54, 1.807) is 0 Å².